The van der Waals surface area contributed by atoms with Crippen molar-refractivity contribution in [2.45, 2.75) is 42.4 Å². The van der Waals surface area contributed by atoms with Gasteiger partial charge in [0, 0.05) is 35.2 Å². The average Bonchev–Trinajstić information content (AvgIpc) is 3.32. The van der Waals surface area contributed by atoms with Crippen LogP contribution in [0.4, 0.5) is 11.5 Å². The van der Waals surface area contributed by atoms with Gasteiger partial charge in [-0.25, -0.2) is 0 Å². The number of fused-ring (bicyclic) bond motifs is 4. The second-order valence-corrected chi connectivity index (χ2v) is 11.0. The molecule has 2 heterocycles. The first-order valence-electron chi connectivity index (χ1n) is 11.6. The third kappa shape index (κ3) is 3.47. The molecule has 0 radical (unpaired) electrons. The molecule has 184 valence electrons. The molecule has 6 rings (SSSR count). The van der Waals surface area contributed by atoms with Gasteiger partial charge in [-0.15, -0.1) is 0 Å². The van der Waals surface area contributed by atoms with E-state index in [1.54, 1.807) is 18.2 Å². The zero-order valence-electron chi connectivity index (χ0n) is 19.5. The molecule has 1 saturated carbocycles. The lowest BCUT2D eigenvalue weighted by Gasteiger charge is -2.35. The van der Waals surface area contributed by atoms with E-state index in [1.807, 2.05) is 17.0 Å². The van der Waals surface area contributed by atoms with Crippen LogP contribution in [0.5, 0.6) is 11.5 Å². The topological polar surface area (TPSA) is 117 Å². The Morgan fingerprint density at radius 2 is 1.89 bits per heavy atom. The van der Waals surface area contributed by atoms with E-state index in [0.29, 0.717) is 25.1 Å². The fraction of sp³-hybridized carbons (Fsp3) is 0.360. The van der Waals surface area contributed by atoms with Crippen LogP contribution in [0, 0.1) is 0 Å². The second kappa shape index (κ2) is 7.91. The van der Waals surface area contributed by atoms with Crippen LogP contribution in [0.25, 0.3) is 11.3 Å². The number of nitrogens with one attached hydrogen (secondary N) is 1. The fourth-order valence-corrected chi connectivity index (χ4v) is 6.75. The van der Waals surface area contributed by atoms with Gasteiger partial charge in [-0.3, -0.25) is 18.6 Å². The number of amides is 1. The average molecular weight is 498 g/mol. The Bertz CT molecular complexity index is 1310. The molecule has 10 heteroatoms. The minimum absolute atomic E-state index is 0.0249. The number of hydrogen-bond donors (Lipinski definition) is 3. The number of ether oxygens (including phenoxy) is 2. The van der Waals surface area contributed by atoms with E-state index in [2.05, 4.69) is 15.9 Å². The van der Waals surface area contributed by atoms with Gasteiger partial charge in [-0.2, -0.15) is 0 Å². The summed E-state index contributed by atoms with van der Waals surface area (Å²) in [5, 5.41) is 4.21. The quantitative estimate of drug-likeness (QED) is 0.425. The number of carbonyl (C=O) groups excluding carboxylic acids is 1. The molecular formula is C25H27N3O6S. The lowest BCUT2D eigenvalue weighted by atomic mass is 9.79. The van der Waals surface area contributed by atoms with Crippen LogP contribution < -0.4 is 19.1 Å². The van der Waals surface area contributed by atoms with Crippen molar-refractivity contribution >= 4 is 28.2 Å². The van der Waals surface area contributed by atoms with Gasteiger partial charge >= 0.3 is 0 Å². The van der Waals surface area contributed by atoms with Crippen molar-refractivity contribution in [2.75, 3.05) is 30.4 Å². The summed E-state index contributed by atoms with van der Waals surface area (Å²) in [6, 6.07) is 11.1. The van der Waals surface area contributed by atoms with Crippen molar-refractivity contribution < 1.29 is 27.9 Å². The third-order valence-corrected chi connectivity index (χ3v) is 8.72. The minimum atomic E-state index is -3.60. The minimum Gasteiger partial charge on any atom is -0.495 e. The third-order valence-electron chi connectivity index (χ3n) is 7.27. The Kier molecular flexibility index (Phi) is 5.03. The first-order chi connectivity index (χ1) is 16.9. The predicted octanol–water partition coefficient (Wildman–Crippen LogP) is 5.21. The Morgan fingerprint density at radius 3 is 2.51 bits per heavy atom. The van der Waals surface area contributed by atoms with Gasteiger partial charge in [-0.05, 0) is 55.5 Å². The summed E-state index contributed by atoms with van der Waals surface area (Å²) in [6.45, 7) is 0.709. The number of benzene rings is 2. The molecule has 2 fully saturated rings. The van der Waals surface area contributed by atoms with E-state index < -0.39 is 10.8 Å². The van der Waals surface area contributed by atoms with Crippen molar-refractivity contribution in [3.63, 3.8) is 0 Å². The molecule has 2 aliphatic carbocycles. The zero-order chi connectivity index (χ0) is 24.4. The van der Waals surface area contributed by atoms with Crippen molar-refractivity contribution in [3.05, 3.63) is 47.5 Å². The van der Waals surface area contributed by atoms with Gasteiger partial charge in [0.1, 0.15) is 11.5 Å². The molecule has 0 bridgehead atoms. The van der Waals surface area contributed by atoms with E-state index in [0.717, 1.165) is 36.1 Å². The van der Waals surface area contributed by atoms with Crippen molar-refractivity contribution in [1.29, 1.82) is 0 Å². The molecule has 0 atom stereocenters. The molecular weight excluding hydrogens is 470 g/mol. The number of nitrogens with zero attached hydrogens (tertiary/aromatic N) is 2. The van der Waals surface area contributed by atoms with Gasteiger partial charge in [0.25, 0.3) is 0 Å². The monoisotopic (exact) mass is 497 g/mol. The molecule has 3 N–H and O–H groups in total. The van der Waals surface area contributed by atoms with Crippen LogP contribution >= 0.6 is 10.8 Å². The summed E-state index contributed by atoms with van der Waals surface area (Å²) in [7, 11) is -0.679. The highest BCUT2D eigenvalue weighted by molar-refractivity contribution is 8.25. The van der Waals surface area contributed by atoms with Gasteiger partial charge in [0.15, 0.2) is 16.5 Å². The highest BCUT2D eigenvalue weighted by Crippen LogP contribution is 2.61. The van der Waals surface area contributed by atoms with E-state index in [4.69, 9.17) is 14.0 Å². The smallest absolute Gasteiger partial charge is 0.227 e. The molecule has 0 unspecified atom stereocenters. The van der Waals surface area contributed by atoms with Crippen molar-refractivity contribution in [1.82, 2.24) is 5.16 Å². The first-order valence-corrected chi connectivity index (χ1v) is 13.1. The normalized spacial score (nSPS) is 18.3. The Labute approximate surface area is 204 Å². The van der Waals surface area contributed by atoms with Crippen LogP contribution in [0.15, 0.2) is 45.8 Å². The molecule has 1 saturated heterocycles. The molecule has 3 aromatic rings. The molecule has 1 aliphatic heterocycles. The number of methoxy groups -OCH3 is 2. The lowest BCUT2D eigenvalue weighted by molar-refractivity contribution is -0.117. The highest BCUT2D eigenvalue weighted by Gasteiger charge is 2.51. The van der Waals surface area contributed by atoms with Gasteiger partial charge < -0.3 is 18.9 Å². The van der Waals surface area contributed by atoms with Gasteiger partial charge in [0.2, 0.25) is 5.91 Å². The second-order valence-electron chi connectivity index (χ2n) is 9.32. The molecule has 3 aliphatic rings. The zero-order valence-corrected chi connectivity index (χ0v) is 20.4. The predicted molar refractivity (Wildman–Crippen MR) is 132 cm³/mol. The SMILES string of the molecule is COc1cccc(OC)c1S(O)(O)Nc1noc2c1CC1(CC1)c1ccc(N3CCCC3=O)cc1-2. The maximum Gasteiger partial charge on any atom is 0.227 e. The summed E-state index contributed by atoms with van der Waals surface area (Å²) in [5.41, 5.74) is 3.73. The summed E-state index contributed by atoms with van der Waals surface area (Å²) in [6.07, 6.45) is 4.16. The Hall–Kier alpha value is -3.21. The highest BCUT2D eigenvalue weighted by atomic mass is 32.3. The molecule has 9 nitrogen and oxygen atoms in total. The number of rotatable bonds is 6. The fourth-order valence-electron chi connectivity index (χ4n) is 5.35. The van der Waals surface area contributed by atoms with E-state index in [-0.39, 0.29) is 33.5 Å². The summed E-state index contributed by atoms with van der Waals surface area (Å²) < 4.78 is 41.7. The van der Waals surface area contributed by atoms with Crippen LogP contribution in [0.2, 0.25) is 0 Å². The maximum absolute atomic E-state index is 12.3. The molecule has 1 aromatic heterocycles. The largest absolute Gasteiger partial charge is 0.495 e. The van der Waals surface area contributed by atoms with Crippen LogP contribution in [-0.4, -0.2) is 40.9 Å². The maximum atomic E-state index is 12.3. The van der Waals surface area contributed by atoms with E-state index >= 15 is 0 Å². The molecule has 1 spiro atoms. The van der Waals surface area contributed by atoms with E-state index in [9.17, 15) is 13.9 Å². The molecule has 2 aromatic carbocycles. The number of aromatic nitrogens is 1. The Balaban J connectivity index is 1.41. The van der Waals surface area contributed by atoms with Crippen molar-refractivity contribution in [2.24, 2.45) is 0 Å². The number of anilines is 2. The number of carbonyl (C=O) groups is 1. The molecule has 1 amide bonds. The summed E-state index contributed by atoms with van der Waals surface area (Å²) in [5.74, 6) is 1.58. The van der Waals surface area contributed by atoms with Crippen molar-refractivity contribution in [3.8, 4) is 22.8 Å². The van der Waals surface area contributed by atoms with Crippen LogP contribution in [-0.2, 0) is 16.6 Å². The van der Waals surface area contributed by atoms with Gasteiger partial charge in [-0.1, -0.05) is 28.1 Å². The van der Waals surface area contributed by atoms with Crippen LogP contribution in [0.1, 0.15) is 36.8 Å². The Morgan fingerprint density at radius 1 is 1.14 bits per heavy atom. The summed E-state index contributed by atoms with van der Waals surface area (Å²) in [4.78, 5) is 14.3. The lowest BCUT2D eigenvalue weighted by Crippen LogP contribution is -2.24. The first kappa shape index (κ1) is 22.3. The standard InChI is InChI=1S/C25H27N3O6S/c1-32-19-5-3-6-20(33-2)23(19)35(30,31)27-24-17-14-25(10-11-25)18-9-8-15(28-12-4-7-21(28)29)13-16(18)22(17)34-26-24/h3,5-6,8-9,13,30-31H,4,7,10-12,14H2,1-2H3,(H,26,27). The molecule has 35 heavy (non-hydrogen) atoms. The van der Waals surface area contributed by atoms with Gasteiger partial charge in [0.05, 0.1) is 14.2 Å². The van der Waals surface area contributed by atoms with Crippen LogP contribution in [0.3, 0.4) is 0 Å². The number of hydrogen-bond acceptors (Lipinski definition) is 8. The summed E-state index contributed by atoms with van der Waals surface area (Å²) >= 11 is 0. The van der Waals surface area contributed by atoms with E-state index in [1.165, 1.54) is 19.8 Å².